The minimum absolute atomic E-state index is 0.00954. The molecule has 0 atom stereocenters. The summed E-state index contributed by atoms with van der Waals surface area (Å²) in [5.74, 6) is -1.92. The van der Waals surface area contributed by atoms with Gasteiger partial charge in [-0.25, -0.2) is 8.78 Å². The highest BCUT2D eigenvalue weighted by molar-refractivity contribution is 8.01. The average molecular weight is 372 g/mol. The van der Waals surface area contributed by atoms with Crippen molar-refractivity contribution >= 4 is 40.0 Å². The lowest BCUT2D eigenvalue weighted by Gasteiger charge is -2.06. The number of thioether (sulfide) groups is 1. The summed E-state index contributed by atoms with van der Waals surface area (Å²) in [7, 11) is 0. The molecule has 0 bridgehead atoms. The first-order valence-corrected chi connectivity index (χ1v) is 8.79. The fourth-order valence-electron chi connectivity index (χ4n) is 1.68. The summed E-state index contributed by atoms with van der Waals surface area (Å²) in [6.45, 7) is 1.99. The molecule has 128 valence electrons. The van der Waals surface area contributed by atoms with E-state index in [1.54, 1.807) is 0 Å². The Balaban J connectivity index is 1.78. The van der Waals surface area contributed by atoms with E-state index in [4.69, 9.17) is 0 Å². The SMILES string of the molecule is CCSc1nnc(NC(=O)CCNC(=O)c2ccc(F)cc2F)s1. The lowest BCUT2D eigenvalue weighted by atomic mass is 10.2. The van der Waals surface area contributed by atoms with Crippen LogP contribution in [0.5, 0.6) is 0 Å². The van der Waals surface area contributed by atoms with Gasteiger partial charge in [0, 0.05) is 19.0 Å². The molecule has 0 saturated heterocycles. The van der Waals surface area contributed by atoms with Gasteiger partial charge in [0.05, 0.1) is 5.56 Å². The summed E-state index contributed by atoms with van der Waals surface area (Å²) in [6, 6.07) is 2.67. The summed E-state index contributed by atoms with van der Waals surface area (Å²) in [4.78, 5) is 23.5. The van der Waals surface area contributed by atoms with Crippen LogP contribution in [0.4, 0.5) is 13.9 Å². The Bertz CT molecular complexity index is 739. The molecule has 10 heteroatoms. The molecule has 1 aromatic carbocycles. The highest BCUT2D eigenvalue weighted by Gasteiger charge is 2.13. The number of nitrogens with one attached hydrogen (secondary N) is 2. The largest absolute Gasteiger partial charge is 0.351 e. The van der Waals surface area contributed by atoms with Gasteiger partial charge in [0.2, 0.25) is 11.0 Å². The standard InChI is InChI=1S/C14H14F2N4O2S2/c1-2-23-14-20-19-13(24-14)18-11(21)5-6-17-12(22)9-4-3-8(15)7-10(9)16/h3-4,7H,2,5-6H2,1H3,(H,17,22)(H,18,19,21). The zero-order valence-electron chi connectivity index (χ0n) is 12.6. The molecule has 0 aliphatic heterocycles. The van der Waals surface area contributed by atoms with Gasteiger partial charge in [0.15, 0.2) is 4.34 Å². The molecule has 1 aromatic heterocycles. The molecule has 0 fully saturated rings. The maximum atomic E-state index is 13.4. The van der Waals surface area contributed by atoms with Gasteiger partial charge in [-0.05, 0) is 17.9 Å². The Kier molecular flexibility index (Phi) is 6.62. The van der Waals surface area contributed by atoms with E-state index in [0.717, 1.165) is 22.2 Å². The maximum absolute atomic E-state index is 13.4. The van der Waals surface area contributed by atoms with Crippen molar-refractivity contribution < 1.29 is 18.4 Å². The summed E-state index contributed by atoms with van der Waals surface area (Å²) in [5.41, 5.74) is -0.276. The van der Waals surface area contributed by atoms with Crippen LogP contribution in [0.15, 0.2) is 22.5 Å². The van der Waals surface area contributed by atoms with Crippen molar-refractivity contribution in [2.45, 2.75) is 17.7 Å². The van der Waals surface area contributed by atoms with E-state index in [9.17, 15) is 18.4 Å². The van der Waals surface area contributed by atoms with Gasteiger partial charge in [-0.1, -0.05) is 30.0 Å². The van der Waals surface area contributed by atoms with Crippen molar-refractivity contribution in [2.75, 3.05) is 17.6 Å². The zero-order chi connectivity index (χ0) is 17.5. The Morgan fingerprint density at radius 2 is 2.08 bits per heavy atom. The van der Waals surface area contributed by atoms with Crippen molar-refractivity contribution in [3.63, 3.8) is 0 Å². The van der Waals surface area contributed by atoms with Gasteiger partial charge in [-0.2, -0.15) is 0 Å². The first-order valence-electron chi connectivity index (χ1n) is 6.99. The number of hydrogen-bond acceptors (Lipinski definition) is 6. The Hall–Kier alpha value is -2.07. The van der Waals surface area contributed by atoms with Crippen LogP contribution in [0.2, 0.25) is 0 Å². The Labute approximate surface area is 145 Å². The van der Waals surface area contributed by atoms with Crippen LogP contribution in [0.1, 0.15) is 23.7 Å². The van der Waals surface area contributed by atoms with Crippen LogP contribution in [0.25, 0.3) is 0 Å². The second-order valence-corrected chi connectivity index (χ2v) is 6.97. The van der Waals surface area contributed by atoms with Crippen LogP contribution in [-0.4, -0.2) is 34.3 Å². The molecule has 2 rings (SSSR count). The molecule has 0 aliphatic carbocycles. The quantitative estimate of drug-likeness (QED) is 0.577. The number of benzene rings is 1. The van der Waals surface area contributed by atoms with Crippen LogP contribution in [0.3, 0.4) is 0 Å². The van der Waals surface area contributed by atoms with Gasteiger partial charge in [0.25, 0.3) is 5.91 Å². The molecule has 24 heavy (non-hydrogen) atoms. The highest BCUT2D eigenvalue weighted by Crippen LogP contribution is 2.24. The Morgan fingerprint density at radius 1 is 1.29 bits per heavy atom. The Morgan fingerprint density at radius 3 is 2.79 bits per heavy atom. The monoisotopic (exact) mass is 372 g/mol. The zero-order valence-corrected chi connectivity index (χ0v) is 14.3. The van der Waals surface area contributed by atoms with E-state index >= 15 is 0 Å². The fraction of sp³-hybridized carbons (Fsp3) is 0.286. The molecular weight excluding hydrogens is 358 g/mol. The van der Waals surface area contributed by atoms with E-state index in [-0.39, 0.29) is 24.4 Å². The van der Waals surface area contributed by atoms with E-state index in [2.05, 4.69) is 20.8 Å². The minimum Gasteiger partial charge on any atom is -0.351 e. The number of rotatable bonds is 7. The number of aromatic nitrogens is 2. The summed E-state index contributed by atoms with van der Waals surface area (Å²) < 4.78 is 27.0. The summed E-state index contributed by atoms with van der Waals surface area (Å²) in [6.07, 6.45) is -0.00954. The van der Waals surface area contributed by atoms with Crippen LogP contribution < -0.4 is 10.6 Å². The molecule has 2 aromatic rings. The molecule has 1 heterocycles. The van der Waals surface area contributed by atoms with Crippen molar-refractivity contribution in [1.82, 2.24) is 15.5 Å². The molecule has 0 unspecified atom stereocenters. The molecule has 0 spiro atoms. The van der Waals surface area contributed by atoms with E-state index in [1.165, 1.54) is 23.1 Å². The van der Waals surface area contributed by atoms with Gasteiger partial charge >= 0.3 is 0 Å². The molecule has 0 radical (unpaired) electrons. The minimum atomic E-state index is -0.952. The van der Waals surface area contributed by atoms with Gasteiger partial charge < -0.3 is 10.6 Å². The predicted octanol–water partition coefficient (Wildman–Crippen LogP) is 2.69. The van der Waals surface area contributed by atoms with Crippen molar-refractivity contribution in [2.24, 2.45) is 0 Å². The third-order valence-electron chi connectivity index (χ3n) is 2.73. The van der Waals surface area contributed by atoms with Crippen LogP contribution in [-0.2, 0) is 4.79 Å². The fourth-order valence-corrected chi connectivity index (χ4v) is 3.35. The lowest BCUT2D eigenvalue weighted by Crippen LogP contribution is -2.28. The predicted molar refractivity (Wildman–Crippen MR) is 88.2 cm³/mol. The van der Waals surface area contributed by atoms with Crippen molar-refractivity contribution in [3.05, 3.63) is 35.4 Å². The highest BCUT2D eigenvalue weighted by atomic mass is 32.2. The van der Waals surface area contributed by atoms with Gasteiger partial charge in [-0.3, -0.25) is 9.59 Å². The topological polar surface area (TPSA) is 84.0 Å². The molecule has 6 nitrogen and oxygen atoms in total. The number of carbonyl (C=O) groups is 2. The van der Waals surface area contributed by atoms with Crippen LogP contribution >= 0.6 is 23.1 Å². The van der Waals surface area contributed by atoms with Crippen molar-refractivity contribution in [1.29, 1.82) is 0 Å². The van der Waals surface area contributed by atoms with Gasteiger partial charge in [-0.15, -0.1) is 10.2 Å². The first-order chi connectivity index (χ1) is 11.5. The average Bonchev–Trinajstić information content (AvgIpc) is 2.94. The van der Waals surface area contributed by atoms with E-state index in [1.807, 2.05) is 6.92 Å². The molecular formula is C14H14F2N4O2S2. The molecule has 0 saturated carbocycles. The van der Waals surface area contributed by atoms with Gasteiger partial charge in [0.1, 0.15) is 11.6 Å². The van der Waals surface area contributed by atoms with Crippen molar-refractivity contribution in [3.8, 4) is 0 Å². The second-order valence-electron chi connectivity index (χ2n) is 4.48. The van der Waals surface area contributed by atoms with Crippen LogP contribution in [0, 0.1) is 11.6 Å². The number of nitrogens with zero attached hydrogens (tertiary/aromatic N) is 2. The maximum Gasteiger partial charge on any atom is 0.254 e. The lowest BCUT2D eigenvalue weighted by molar-refractivity contribution is -0.116. The molecule has 2 amide bonds. The number of halogens is 2. The number of hydrogen-bond donors (Lipinski definition) is 2. The summed E-state index contributed by atoms with van der Waals surface area (Å²) >= 11 is 2.78. The number of amides is 2. The van der Waals surface area contributed by atoms with E-state index in [0.29, 0.717) is 11.2 Å². The third-order valence-corrected chi connectivity index (χ3v) is 4.59. The molecule has 0 aliphatic rings. The number of carbonyl (C=O) groups excluding carboxylic acids is 2. The summed E-state index contributed by atoms with van der Waals surface area (Å²) in [5, 5.41) is 13.1. The van der Waals surface area contributed by atoms with E-state index < -0.39 is 17.5 Å². The molecule has 2 N–H and O–H groups in total. The third kappa shape index (κ3) is 5.24. The smallest absolute Gasteiger partial charge is 0.254 e. The first kappa shape index (κ1) is 18.3. The number of anilines is 1. The normalized spacial score (nSPS) is 10.5. The second kappa shape index (κ2) is 8.69.